The van der Waals surface area contributed by atoms with Crippen molar-refractivity contribution in [1.82, 2.24) is 19.7 Å². The van der Waals surface area contributed by atoms with Crippen molar-refractivity contribution in [2.45, 2.75) is 6.42 Å². The van der Waals surface area contributed by atoms with Crippen LogP contribution in [0.15, 0.2) is 34.6 Å². The van der Waals surface area contributed by atoms with Crippen molar-refractivity contribution in [2.75, 3.05) is 5.73 Å². The van der Waals surface area contributed by atoms with Gasteiger partial charge in [-0.15, -0.1) is 11.3 Å². The highest BCUT2D eigenvalue weighted by molar-refractivity contribution is 7.09. The summed E-state index contributed by atoms with van der Waals surface area (Å²) in [5, 5.41) is 6.43. The summed E-state index contributed by atoms with van der Waals surface area (Å²) >= 11 is 1.69. The lowest BCUT2D eigenvalue weighted by molar-refractivity contribution is 0.769. The van der Waals surface area contributed by atoms with Crippen LogP contribution in [0.2, 0.25) is 0 Å². The molecule has 0 amide bonds. The number of aromatic amines is 1. The fourth-order valence-electron chi connectivity index (χ4n) is 2.08. The van der Waals surface area contributed by atoms with E-state index in [1.54, 1.807) is 16.0 Å². The van der Waals surface area contributed by atoms with E-state index in [0.29, 0.717) is 11.4 Å². The number of nitrogens with zero attached hydrogens (tertiary/aromatic N) is 3. The van der Waals surface area contributed by atoms with E-state index in [1.807, 2.05) is 24.7 Å². The number of nitrogen functional groups attached to an aromatic ring is 1. The number of aryl methyl sites for hydroxylation is 1. The summed E-state index contributed by atoms with van der Waals surface area (Å²) in [5.74, 6) is 0.0974. The number of H-pyrrole nitrogens is 1. The van der Waals surface area contributed by atoms with Gasteiger partial charge in [0.2, 0.25) is 5.95 Å². The fraction of sp³-hybridized carbons (Fsp3) is 0.154. The third kappa shape index (κ3) is 2.48. The van der Waals surface area contributed by atoms with Gasteiger partial charge in [0.25, 0.3) is 5.56 Å². The number of nitrogens with two attached hydrogens (primary N) is 1. The molecule has 0 saturated heterocycles. The highest BCUT2D eigenvalue weighted by atomic mass is 32.1. The zero-order chi connectivity index (χ0) is 14.1. The first-order chi connectivity index (χ1) is 9.61. The van der Waals surface area contributed by atoms with Crippen LogP contribution >= 0.6 is 11.3 Å². The number of anilines is 1. The number of hydrogen-bond acceptors (Lipinski definition) is 5. The molecule has 6 nitrogen and oxygen atoms in total. The molecule has 3 aromatic heterocycles. The lowest BCUT2D eigenvalue weighted by atomic mass is 10.1. The first-order valence-electron chi connectivity index (χ1n) is 6.04. The quantitative estimate of drug-likeness (QED) is 0.762. The van der Waals surface area contributed by atoms with Gasteiger partial charge in [0.15, 0.2) is 0 Å². The Labute approximate surface area is 118 Å². The van der Waals surface area contributed by atoms with E-state index in [1.165, 1.54) is 10.9 Å². The largest absolute Gasteiger partial charge is 0.369 e. The minimum atomic E-state index is -0.278. The van der Waals surface area contributed by atoms with Gasteiger partial charge in [-0.1, -0.05) is 6.07 Å². The molecular formula is C13H13N5OS. The number of thiophene rings is 1. The molecule has 0 saturated carbocycles. The minimum absolute atomic E-state index is 0.0974. The maximum absolute atomic E-state index is 11.5. The van der Waals surface area contributed by atoms with Crippen molar-refractivity contribution < 1.29 is 0 Å². The van der Waals surface area contributed by atoms with Gasteiger partial charge in [-0.25, -0.2) is 4.98 Å². The van der Waals surface area contributed by atoms with Gasteiger partial charge in [0.05, 0.1) is 0 Å². The molecule has 0 spiro atoms. The van der Waals surface area contributed by atoms with Crippen LogP contribution in [0.5, 0.6) is 0 Å². The first kappa shape index (κ1) is 12.6. The summed E-state index contributed by atoms with van der Waals surface area (Å²) in [6, 6.07) is 5.50. The summed E-state index contributed by atoms with van der Waals surface area (Å²) in [4.78, 5) is 19.3. The Morgan fingerprint density at radius 1 is 1.50 bits per heavy atom. The molecule has 0 aromatic carbocycles. The molecule has 7 heteroatoms. The molecule has 20 heavy (non-hydrogen) atoms. The van der Waals surface area contributed by atoms with Gasteiger partial charge in [0.1, 0.15) is 11.4 Å². The number of aromatic nitrogens is 4. The maximum Gasteiger partial charge on any atom is 0.252 e. The lowest BCUT2D eigenvalue weighted by Gasteiger charge is -2.01. The number of rotatable bonds is 3. The van der Waals surface area contributed by atoms with Crippen molar-refractivity contribution in [1.29, 1.82) is 0 Å². The van der Waals surface area contributed by atoms with Gasteiger partial charge >= 0.3 is 0 Å². The topological polar surface area (TPSA) is 89.6 Å². The Morgan fingerprint density at radius 2 is 2.35 bits per heavy atom. The Hall–Kier alpha value is -2.41. The van der Waals surface area contributed by atoms with Crippen LogP contribution in [-0.2, 0) is 13.5 Å². The highest BCUT2D eigenvalue weighted by Crippen LogP contribution is 2.23. The molecular weight excluding hydrogens is 274 g/mol. The summed E-state index contributed by atoms with van der Waals surface area (Å²) in [5.41, 5.74) is 7.53. The smallest absolute Gasteiger partial charge is 0.252 e. The molecule has 0 bridgehead atoms. The molecule has 3 heterocycles. The van der Waals surface area contributed by atoms with Gasteiger partial charge < -0.3 is 5.73 Å². The lowest BCUT2D eigenvalue weighted by Crippen LogP contribution is -2.10. The average Bonchev–Trinajstić information content (AvgIpc) is 2.98. The third-order valence-corrected chi connectivity index (χ3v) is 3.73. The van der Waals surface area contributed by atoms with Crippen LogP contribution in [0, 0.1) is 0 Å². The summed E-state index contributed by atoms with van der Waals surface area (Å²) in [6.07, 6.45) is 2.70. The Bertz CT molecular complexity index is 787. The molecule has 3 rings (SSSR count). The molecule has 0 aliphatic heterocycles. The van der Waals surface area contributed by atoms with Crippen LogP contribution in [-0.4, -0.2) is 19.7 Å². The second-order valence-corrected chi connectivity index (χ2v) is 5.48. The van der Waals surface area contributed by atoms with Crippen LogP contribution in [0.25, 0.3) is 11.4 Å². The highest BCUT2D eigenvalue weighted by Gasteiger charge is 2.13. The molecule has 0 radical (unpaired) electrons. The summed E-state index contributed by atoms with van der Waals surface area (Å²) in [6.45, 7) is 0. The molecule has 0 atom stereocenters. The normalized spacial score (nSPS) is 10.8. The maximum atomic E-state index is 11.5. The molecule has 0 aliphatic rings. The molecule has 3 aromatic rings. The molecule has 0 aliphatic carbocycles. The van der Waals surface area contributed by atoms with Gasteiger partial charge in [-0.3, -0.25) is 14.5 Å². The van der Waals surface area contributed by atoms with Crippen molar-refractivity contribution in [3.63, 3.8) is 0 Å². The van der Waals surface area contributed by atoms with Crippen molar-refractivity contribution in [2.24, 2.45) is 7.05 Å². The van der Waals surface area contributed by atoms with Gasteiger partial charge in [-0.2, -0.15) is 5.10 Å². The molecule has 0 fully saturated rings. The Kier molecular flexibility index (Phi) is 3.11. The second-order valence-electron chi connectivity index (χ2n) is 4.45. The van der Waals surface area contributed by atoms with Crippen molar-refractivity contribution in [3.05, 3.63) is 50.6 Å². The second kappa shape index (κ2) is 4.93. The number of nitrogens with one attached hydrogen (secondary N) is 1. The predicted molar refractivity (Wildman–Crippen MR) is 78.6 cm³/mol. The van der Waals surface area contributed by atoms with Crippen molar-refractivity contribution in [3.8, 4) is 11.4 Å². The van der Waals surface area contributed by atoms with Crippen LogP contribution in [0.3, 0.4) is 0 Å². The number of hydrogen-bond donors (Lipinski definition) is 2. The molecule has 102 valence electrons. The van der Waals surface area contributed by atoms with Gasteiger partial charge in [-0.05, 0) is 11.4 Å². The van der Waals surface area contributed by atoms with E-state index in [-0.39, 0.29) is 11.5 Å². The summed E-state index contributed by atoms with van der Waals surface area (Å²) in [7, 11) is 1.85. The van der Waals surface area contributed by atoms with E-state index < -0.39 is 0 Å². The molecule has 0 unspecified atom stereocenters. The van der Waals surface area contributed by atoms with Crippen LogP contribution < -0.4 is 11.3 Å². The monoisotopic (exact) mass is 287 g/mol. The van der Waals surface area contributed by atoms with E-state index in [4.69, 9.17) is 5.73 Å². The Balaban J connectivity index is 2.07. The average molecular weight is 287 g/mol. The predicted octanol–water partition coefficient (Wildman–Crippen LogP) is 1.40. The van der Waals surface area contributed by atoms with Crippen LogP contribution in [0.1, 0.15) is 10.4 Å². The third-order valence-electron chi connectivity index (χ3n) is 2.85. The van der Waals surface area contributed by atoms with Gasteiger partial charge in [0, 0.05) is 36.2 Å². The zero-order valence-corrected chi connectivity index (χ0v) is 11.6. The molecule has 3 N–H and O–H groups in total. The van der Waals surface area contributed by atoms with Crippen LogP contribution in [0.4, 0.5) is 5.95 Å². The zero-order valence-electron chi connectivity index (χ0n) is 10.8. The van der Waals surface area contributed by atoms with E-state index in [0.717, 1.165) is 12.0 Å². The van der Waals surface area contributed by atoms with E-state index in [9.17, 15) is 4.79 Å². The summed E-state index contributed by atoms with van der Waals surface area (Å²) < 4.78 is 1.72. The SMILES string of the molecule is Cn1cc(Cc2cccs2)c(-c2cc(=O)[nH]c(N)n2)n1. The van der Waals surface area contributed by atoms with E-state index >= 15 is 0 Å². The fourth-order valence-corrected chi connectivity index (χ4v) is 2.81. The van der Waals surface area contributed by atoms with Crippen molar-refractivity contribution >= 4 is 17.3 Å². The first-order valence-corrected chi connectivity index (χ1v) is 6.92. The standard InChI is InChI=1S/C13H13N5OS/c1-18-7-8(5-9-3-2-4-20-9)12(17-18)10-6-11(19)16-13(14)15-10/h2-4,6-7H,5H2,1H3,(H3,14,15,16,19). The Morgan fingerprint density at radius 3 is 3.05 bits per heavy atom. The van der Waals surface area contributed by atoms with E-state index in [2.05, 4.69) is 21.1 Å². The minimum Gasteiger partial charge on any atom is -0.369 e.